The predicted octanol–water partition coefficient (Wildman–Crippen LogP) is 2.63. The summed E-state index contributed by atoms with van der Waals surface area (Å²) >= 11 is 0. The molecular formula is C17H25NO4. The molecule has 122 valence electrons. The largest absolute Gasteiger partial charge is 0.491 e. The lowest BCUT2D eigenvalue weighted by Gasteiger charge is -2.20. The molecule has 1 rings (SSSR count). The molecule has 0 unspecified atom stereocenters. The molecule has 0 aliphatic heterocycles. The Morgan fingerprint density at radius 2 is 1.86 bits per heavy atom. The topological polar surface area (TPSA) is 75.6 Å². The van der Waals surface area contributed by atoms with Gasteiger partial charge in [0.2, 0.25) is 5.91 Å². The number of amides is 1. The highest BCUT2D eigenvalue weighted by atomic mass is 16.5. The van der Waals surface area contributed by atoms with Gasteiger partial charge in [0, 0.05) is 5.56 Å². The summed E-state index contributed by atoms with van der Waals surface area (Å²) in [5.41, 5.74) is 0.752. The van der Waals surface area contributed by atoms with E-state index in [1.54, 1.807) is 0 Å². The first-order chi connectivity index (χ1) is 10.3. The molecule has 2 atom stereocenters. The van der Waals surface area contributed by atoms with E-state index in [0.29, 0.717) is 12.2 Å². The normalized spacial score (nSPS) is 13.5. The van der Waals surface area contributed by atoms with Crippen molar-refractivity contribution in [3.8, 4) is 5.75 Å². The summed E-state index contributed by atoms with van der Waals surface area (Å²) in [6.45, 7) is 7.55. The van der Waals surface area contributed by atoms with Crippen LogP contribution in [-0.2, 0) is 16.0 Å². The van der Waals surface area contributed by atoms with Crippen LogP contribution in [0.25, 0.3) is 0 Å². The number of carbonyl (C=O) groups excluding carboxylic acids is 1. The van der Waals surface area contributed by atoms with Crippen LogP contribution < -0.4 is 10.1 Å². The number of carboxylic acid groups (broad SMARTS) is 1. The van der Waals surface area contributed by atoms with E-state index in [-0.39, 0.29) is 24.3 Å². The molecule has 0 spiro atoms. The molecule has 2 N–H and O–H groups in total. The van der Waals surface area contributed by atoms with Gasteiger partial charge in [0.1, 0.15) is 11.8 Å². The SMILES string of the molecule is CC[C@H](C)[C@H](NC(=O)Cc1ccccc1OC(C)C)C(=O)O. The first-order valence-electron chi connectivity index (χ1n) is 7.61. The number of hydrogen-bond donors (Lipinski definition) is 2. The summed E-state index contributed by atoms with van der Waals surface area (Å²) in [7, 11) is 0. The minimum absolute atomic E-state index is 0.0103. The molecule has 0 aromatic heterocycles. The van der Waals surface area contributed by atoms with Gasteiger partial charge in [-0.25, -0.2) is 4.79 Å². The molecule has 0 heterocycles. The van der Waals surface area contributed by atoms with Gasteiger partial charge in [-0.2, -0.15) is 0 Å². The molecule has 0 aliphatic carbocycles. The molecule has 22 heavy (non-hydrogen) atoms. The zero-order valence-corrected chi connectivity index (χ0v) is 13.6. The van der Waals surface area contributed by atoms with Gasteiger partial charge in [0.25, 0.3) is 0 Å². The van der Waals surface area contributed by atoms with E-state index in [0.717, 1.165) is 5.56 Å². The highest BCUT2D eigenvalue weighted by Gasteiger charge is 2.25. The van der Waals surface area contributed by atoms with Crippen molar-refractivity contribution in [2.75, 3.05) is 0 Å². The first-order valence-corrected chi connectivity index (χ1v) is 7.61. The maximum Gasteiger partial charge on any atom is 0.326 e. The Hall–Kier alpha value is -2.04. The third-order valence-corrected chi connectivity index (χ3v) is 3.48. The Morgan fingerprint density at radius 1 is 1.23 bits per heavy atom. The summed E-state index contributed by atoms with van der Waals surface area (Å²) in [4.78, 5) is 23.4. The smallest absolute Gasteiger partial charge is 0.326 e. The first kappa shape index (κ1) is 18.0. The predicted molar refractivity (Wildman–Crippen MR) is 84.9 cm³/mol. The van der Waals surface area contributed by atoms with E-state index in [1.165, 1.54) is 0 Å². The van der Waals surface area contributed by atoms with Crippen LogP contribution in [0.2, 0.25) is 0 Å². The number of ether oxygens (including phenoxy) is 1. The number of benzene rings is 1. The second kappa shape index (κ2) is 8.41. The Labute approximate surface area is 131 Å². The highest BCUT2D eigenvalue weighted by Crippen LogP contribution is 2.20. The van der Waals surface area contributed by atoms with E-state index in [9.17, 15) is 14.7 Å². The van der Waals surface area contributed by atoms with Gasteiger partial charge in [-0.3, -0.25) is 4.79 Å². The lowest BCUT2D eigenvalue weighted by Crippen LogP contribution is -2.45. The Morgan fingerprint density at radius 3 is 2.41 bits per heavy atom. The van der Waals surface area contributed by atoms with Gasteiger partial charge in [0.15, 0.2) is 0 Å². The molecule has 0 fully saturated rings. The summed E-state index contributed by atoms with van der Waals surface area (Å²) in [6, 6.07) is 6.44. The number of rotatable bonds is 8. The van der Waals surface area contributed by atoms with Crippen molar-refractivity contribution in [2.45, 2.75) is 52.7 Å². The van der Waals surface area contributed by atoms with Gasteiger partial charge in [-0.15, -0.1) is 0 Å². The summed E-state index contributed by atoms with van der Waals surface area (Å²) in [5, 5.41) is 11.8. The number of para-hydroxylation sites is 1. The minimum Gasteiger partial charge on any atom is -0.491 e. The Balaban J connectivity index is 2.78. The van der Waals surface area contributed by atoms with E-state index in [2.05, 4.69) is 5.32 Å². The van der Waals surface area contributed by atoms with Crippen LogP contribution >= 0.6 is 0 Å². The van der Waals surface area contributed by atoms with Crippen LogP contribution in [0.15, 0.2) is 24.3 Å². The average Bonchev–Trinajstić information content (AvgIpc) is 2.45. The van der Waals surface area contributed by atoms with Gasteiger partial charge in [-0.1, -0.05) is 38.5 Å². The van der Waals surface area contributed by atoms with Crippen LogP contribution in [0.4, 0.5) is 0 Å². The van der Waals surface area contributed by atoms with Gasteiger partial charge < -0.3 is 15.2 Å². The number of nitrogens with one attached hydrogen (secondary N) is 1. The van der Waals surface area contributed by atoms with Crippen molar-refractivity contribution in [2.24, 2.45) is 5.92 Å². The molecule has 0 bridgehead atoms. The number of carboxylic acids is 1. The fourth-order valence-corrected chi connectivity index (χ4v) is 2.10. The quantitative estimate of drug-likeness (QED) is 0.774. The summed E-state index contributed by atoms with van der Waals surface area (Å²) < 4.78 is 5.67. The summed E-state index contributed by atoms with van der Waals surface area (Å²) in [5.74, 6) is -0.784. The molecule has 0 radical (unpaired) electrons. The van der Waals surface area contributed by atoms with Crippen molar-refractivity contribution >= 4 is 11.9 Å². The average molecular weight is 307 g/mol. The van der Waals surface area contributed by atoms with E-state index in [4.69, 9.17) is 4.74 Å². The molecule has 0 aliphatic rings. The maximum absolute atomic E-state index is 12.2. The number of aliphatic carboxylic acids is 1. The molecule has 1 amide bonds. The maximum atomic E-state index is 12.2. The van der Waals surface area contributed by atoms with Gasteiger partial charge >= 0.3 is 5.97 Å². The van der Waals surface area contributed by atoms with E-state index in [1.807, 2.05) is 52.0 Å². The van der Waals surface area contributed by atoms with Crippen molar-refractivity contribution in [1.29, 1.82) is 0 Å². The van der Waals surface area contributed by atoms with Crippen LogP contribution in [0.1, 0.15) is 39.7 Å². The molecular weight excluding hydrogens is 282 g/mol. The van der Waals surface area contributed by atoms with E-state index >= 15 is 0 Å². The third-order valence-electron chi connectivity index (χ3n) is 3.48. The standard InChI is InChI=1S/C17H25NO4/c1-5-12(4)16(17(20)21)18-15(19)10-13-8-6-7-9-14(13)22-11(2)3/h6-9,11-12,16H,5,10H2,1-4H3,(H,18,19)(H,20,21)/t12-,16-/m0/s1. The zero-order valence-electron chi connectivity index (χ0n) is 13.6. The summed E-state index contributed by atoms with van der Waals surface area (Å²) in [6.07, 6.45) is 0.795. The van der Waals surface area contributed by atoms with Crippen LogP contribution in [0.5, 0.6) is 5.75 Å². The van der Waals surface area contributed by atoms with Crippen molar-refractivity contribution < 1.29 is 19.4 Å². The molecule has 1 aromatic carbocycles. The van der Waals surface area contributed by atoms with Crippen molar-refractivity contribution in [3.63, 3.8) is 0 Å². The third kappa shape index (κ3) is 5.39. The minimum atomic E-state index is -1.01. The zero-order chi connectivity index (χ0) is 16.7. The Bertz CT molecular complexity index is 513. The second-order valence-electron chi connectivity index (χ2n) is 5.72. The molecule has 5 nitrogen and oxygen atoms in total. The van der Waals surface area contributed by atoms with E-state index < -0.39 is 12.0 Å². The number of hydrogen-bond acceptors (Lipinski definition) is 3. The molecule has 0 saturated heterocycles. The van der Waals surface area contributed by atoms with Crippen LogP contribution in [0.3, 0.4) is 0 Å². The Kier molecular flexibility index (Phi) is 6.89. The van der Waals surface area contributed by atoms with Gasteiger partial charge in [0.05, 0.1) is 12.5 Å². The van der Waals surface area contributed by atoms with Crippen molar-refractivity contribution in [3.05, 3.63) is 29.8 Å². The lowest BCUT2D eigenvalue weighted by atomic mass is 9.99. The highest BCUT2D eigenvalue weighted by molar-refractivity contribution is 5.85. The fraction of sp³-hybridized carbons (Fsp3) is 0.529. The van der Waals surface area contributed by atoms with Crippen molar-refractivity contribution in [1.82, 2.24) is 5.32 Å². The fourth-order valence-electron chi connectivity index (χ4n) is 2.10. The molecule has 5 heteroatoms. The number of carbonyl (C=O) groups is 2. The molecule has 0 saturated carbocycles. The molecule has 1 aromatic rings. The monoisotopic (exact) mass is 307 g/mol. The second-order valence-corrected chi connectivity index (χ2v) is 5.72. The van der Waals surface area contributed by atoms with Crippen LogP contribution in [0, 0.1) is 5.92 Å². The van der Waals surface area contributed by atoms with Gasteiger partial charge in [-0.05, 0) is 25.8 Å². The van der Waals surface area contributed by atoms with Crippen LogP contribution in [-0.4, -0.2) is 29.1 Å². The lowest BCUT2D eigenvalue weighted by molar-refractivity contribution is -0.143.